The van der Waals surface area contributed by atoms with Gasteiger partial charge in [0.15, 0.2) is 0 Å². The number of ether oxygens (including phenoxy) is 1. The molecule has 2 amide bonds. The van der Waals surface area contributed by atoms with Gasteiger partial charge in [-0.25, -0.2) is 9.18 Å². The molecule has 1 saturated heterocycles. The highest BCUT2D eigenvalue weighted by Crippen LogP contribution is 2.34. The Balaban J connectivity index is 1.95. The Morgan fingerprint density at radius 1 is 1.23 bits per heavy atom. The molecule has 8 heteroatoms. The summed E-state index contributed by atoms with van der Waals surface area (Å²) in [6, 6.07) is 8.62. The summed E-state index contributed by atoms with van der Waals surface area (Å²) < 4.78 is 20.2. The molecule has 0 radical (unpaired) electrons. The van der Waals surface area contributed by atoms with Crippen molar-refractivity contribution >= 4 is 35.0 Å². The molecule has 1 aliphatic rings. The Bertz CT molecular complexity index is 921. The van der Waals surface area contributed by atoms with Crippen LogP contribution >= 0.6 is 11.8 Å². The van der Waals surface area contributed by atoms with E-state index in [0.717, 1.165) is 16.7 Å². The predicted octanol–water partition coefficient (Wildman–Crippen LogP) is 3.21. The molecule has 0 spiro atoms. The fraction of sp³-hybridized carbons (Fsp3) is 0.167. The van der Waals surface area contributed by atoms with Crippen LogP contribution in [0.4, 0.5) is 9.18 Å². The number of para-hydroxylation sites is 1. The maximum atomic E-state index is 14.1. The summed E-state index contributed by atoms with van der Waals surface area (Å²) in [5.41, 5.74) is 0.859. The van der Waals surface area contributed by atoms with E-state index in [1.807, 2.05) is 0 Å². The lowest BCUT2D eigenvalue weighted by Gasteiger charge is -2.18. The van der Waals surface area contributed by atoms with Gasteiger partial charge in [0.2, 0.25) is 0 Å². The van der Waals surface area contributed by atoms with Gasteiger partial charge in [-0.1, -0.05) is 12.1 Å². The maximum Gasteiger partial charge on any atom is 0.328 e. The van der Waals surface area contributed by atoms with E-state index in [4.69, 9.17) is 0 Å². The summed E-state index contributed by atoms with van der Waals surface area (Å²) in [4.78, 5) is 37.4. The zero-order valence-corrected chi connectivity index (χ0v) is 14.8. The van der Waals surface area contributed by atoms with Crippen molar-refractivity contribution in [1.29, 1.82) is 0 Å². The van der Waals surface area contributed by atoms with Crippen molar-refractivity contribution in [2.45, 2.75) is 13.0 Å². The van der Waals surface area contributed by atoms with Crippen LogP contribution in [0.25, 0.3) is 11.8 Å². The van der Waals surface area contributed by atoms with Gasteiger partial charge in [-0.15, -0.1) is 0 Å². The van der Waals surface area contributed by atoms with Crippen molar-refractivity contribution < 1.29 is 23.5 Å². The lowest BCUT2D eigenvalue weighted by Crippen LogP contribution is -2.42. The van der Waals surface area contributed by atoms with Crippen LogP contribution in [0.2, 0.25) is 0 Å². The molecule has 2 heterocycles. The van der Waals surface area contributed by atoms with Crippen molar-refractivity contribution in [2.24, 2.45) is 0 Å². The van der Waals surface area contributed by atoms with Gasteiger partial charge >= 0.3 is 5.97 Å². The normalized spacial score (nSPS) is 17.0. The first-order valence-corrected chi connectivity index (χ1v) is 8.53. The minimum Gasteiger partial charge on any atom is -0.467 e. The van der Waals surface area contributed by atoms with Crippen molar-refractivity contribution in [3.8, 4) is 5.69 Å². The van der Waals surface area contributed by atoms with Gasteiger partial charge in [0.1, 0.15) is 11.9 Å². The molecule has 1 fully saturated rings. The van der Waals surface area contributed by atoms with Gasteiger partial charge in [0, 0.05) is 11.9 Å². The van der Waals surface area contributed by atoms with Crippen molar-refractivity contribution in [3.63, 3.8) is 0 Å². The number of benzene rings is 1. The van der Waals surface area contributed by atoms with E-state index in [1.165, 1.54) is 26.2 Å². The smallest absolute Gasteiger partial charge is 0.328 e. The van der Waals surface area contributed by atoms with Gasteiger partial charge in [-0.05, 0) is 49.0 Å². The van der Waals surface area contributed by atoms with Gasteiger partial charge in [-0.2, -0.15) is 0 Å². The van der Waals surface area contributed by atoms with Crippen LogP contribution in [0.5, 0.6) is 0 Å². The van der Waals surface area contributed by atoms with Crippen LogP contribution in [0.15, 0.2) is 47.5 Å². The van der Waals surface area contributed by atoms with E-state index in [2.05, 4.69) is 4.74 Å². The Kier molecular flexibility index (Phi) is 4.94. The molecule has 6 nitrogen and oxygen atoms in total. The minimum absolute atomic E-state index is 0.155. The monoisotopic (exact) mass is 374 g/mol. The highest BCUT2D eigenvalue weighted by molar-refractivity contribution is 8.18. The predicted molar refractivity (Wildman–Crippen MR) is 95.0 cm³/mol. The SMILES string of the molecule is COC(=O)C(C)N1C(=O)SC(=Cc2cccn2-c2ccccc2F)C1=O. The van der Waals surface area contributed by atoms with Gasteiger partial charge in [-0.3, -0.25) is 14.5 Å². The molecule has 0 saturated carbocycles. The standard InChI is InChI=1S/C18H15FN2O4S/c1-11(17(23)25-2)21-16(22)15(26-18(21)24)10-12-6-5-9-20(12)14-8-4-3-7-13(14)19/h3-11H,1-2H3. The van der Waals surface area contributed by atoms with Crippen molar-refractivity contribution in [1.82, 2.24) is 9.47 Å². The number of imide groups is 1. The summed E-state index contributed by atoms with van der Waals surface area (Å²) in [7, 11) is 1.19. The Morgan fingerprint density at radius 2 is 1.96 bits per heavy atom. The molecular formula is C18H15FN2O4S. The number of hydrogen-bond donors (Lipinski definition) is 0. The number of rotatable bonds is 4. The molecule has 1 atom stereocenters. The lowest BCUT2D eigenvalue weighted by molar-refractivity contribution is -0.148. The van der Waals surface area contributed by atoms with E-state index in [9.17, 15) is 18.8 Å². The number of esters is 1. The average Bonchev–Trinajstić information content (AvgIpc) is 3.19. The zero-order valence-electron chi connectivity index (χ0n) is 14.0. The third-order valence-corrected chi connectivity index (χ3v) is 4.81. The van der Waals surface area contributed by atoms with E-state index in [1.54, 1.807) is 41.1 Å². The molecule has 0 N–H and O–H groups in total. The number of amides is 2. The first-order chi connectivity index (χ1) is 12.4. The zero-order chi connectivity index (χ0) is 18.8. The summed E-state index contributed by atoms with van der Waals surface area (Å²) in [6.45, 7) is 1.42. The van der Waals surface area contributed by atoms with Crippen molar-refractivity contribution in [2.75, 3.05) is 7.11 Å². The minimum atomic E-state index is -1.02. The number of carbonyl (C=O) groups excluding carboxylic acids is 3. The third-order valence-electron chi connectivity index (χ3n) is 3.92. The summed E-state index contributed by atoms with van der Waals surface area (Å²) in [6.07, 6.45) is 3.16. The summed E-state index contributed by atoms with van der Waals surface area (Å²) in [5.74, 6) is -1.67. The molecular weight excluding hydrogens is 359 g/mol. The third kappa shape index (κ3) is 3.15. The molecule has 26 heavy (non-hydrogen) atoms. The number of aromatic nitrogens is 1. The van der Waals surface area contributed by atoms with Crippen LogP contribution in [0.1, 0.15) is 12.6 Å². The summed E-state index contributed by atoms with van der Waals surface area (Å²) in [5, 5.41) is -0.553. The van der Waals surface area contributed by atoms with Crippen LogP contribution < -0.4 is 0 Å². The molecule has 134 valence electrons. The number of methoxy groups -OCH3 is 1. The second kappa shape index (κ2) is 7.17. The van der Waals surface area contributed by atoms with E-state index >= 15 is 0 Å². The number of thioether (sulfide) groups is 1. The van der Waals surface area contributed by atoms with E-state index in [-0.39, 0.29) is 4.91 Å². The second-order valence-electron chi connectivity index (χ2n) is 5.51. The number of halogens is 1. The lowest BCUT2D eigenvalue weighted by atomic mass is 10.2. The molecule has 3 rings (SSSR count). The first kappa shape index (κ1) is 17.9. The highest BCUT2D eigenvalue weighted by atomic mass is 32.2. The molecule has 1 unspecified atom stereocenters. The second-order valence-corrected chi connectivity index (χ2v) is 6.50. The van der Waals surface area contributed by atoms with Crippen molar-refractivity contribution in [3.05, 3.63) is 59.0 Å². The molecule has 1 aromatic carbocycles. The van der Waals surface area contributed by atoms with Crippen LogP contribution in [0, 0.1) is 5.82 Å². The van der Waals surface area contributed by atoms with Gasteiger partial charge in [0.25, 0.3) is 11.1 Å². The van der Waals surface area contributed by atoms with E-state index < -0.39 is 29.0 Å². The van der Waals surface area contributed by atoms with Crippen LogP contribution in [-0.2, 0) is 14.3 Å². The highest BCUT2D eigenvalue weighted by Gasteiger charge is 2.41. The fourth-order valence-corrected chi connectivity index (χ4v) is 3.50. The number of nitrogens with zero attached hydrogens (tertiary/aromatic N) is 2. The molecule has 0 bridgehead atoms. The summed E-state index contributed by atoms with van der Waals surface area (Å²) >= 11 is 0.728. The maximum absolute atomic E-state index is 14.1. The molecule has 1 aliphatic heterocycles. The number of hydrogen-bond acceptors (Lipinski definition) is 5. The van der Waals surface area contributed by atoms with Crippen LogP contribution in [0.3, 0.4) is 0 Å². The van der Waals surface area contributed by atoms with Gasteiger partial charge < -0.3 is 9.30 Å². The Labute approximate surface area is 153 Å². The van der Waals surface area contributed by atoms with E-state index in [0.29, 0.717) is 11.4 Å². The molecule has 0 aliphatic carbocycles. The van der Waals surface area contributed by atoms with Crippen LogP contribution in [-0.4, -0.2) is 39.7 Å². The fourth-order valence-electron chi connectivity index (χ4n) is 2.60. The quantitative estimate of drug-likeness (QED) is 0.607. The Hall–Kier alpha value is -2.87. The Morgan fingerprint density at radius 3 is 2.65 bits per heavy atom. The number of carbonyl (C=O) groups is 3. The first-order valence-electron chi connectivity index (χ1n) is 7.71. The molecule has 1 aromatic heterocycles. The topological polar surface area (TPSA) is 68.6 Å². The molecule has 2 aromatic rings. The van der Waals surface area contributed by atoms with Gasteiger partial charge in [0.05, 0.1) is 17.7 Å². The largest absolute Gasteiger partial charge is 0.467 e. The average molecular weight is 374 g/mol.